The molecule has 10 aromatic rings. The van der Waals surface area contributed by atoms with Gasteiger partial charge in [-0.05, 0) is 23.3 Å². The van der Waals surface area contributed by atoms with Crippen LogP contribution in [-0.2, 0) is 38.6 Å². The fourth-order valence-corrected chi connectivity index (χ4v) is 9.50. The number of hydrogen-bond acceptors (Lipinski definition) is 0. The quantitative estimate of drug-likeness (QED) is 0.0937. The zero-order valence-corrected chi connectivity index (χ0v) is 37.4. The summed E-state index contributed by atoms with van der Waals surface area (Å²) in [5, 5.41) is 6.36. The molecule has 0 unspecified atom stereocenters. The number of halogens is 6. The van der Waals surface area contributed by atoms with Crippen molar-refractivity contribution in [2.75, 3.05) is 0 Å². The molecular weight excluding hydrogens is 906 g/mol. The van der Waals surface area contributed by atoms with Gasteiger partial charge in [0.1, 0.15) is 0 Å². The van der Waals surface area contributed by atoms with Crippen molar-refractivity contribution in [3.63, 3.8) is 0 Å². The van der Waals surface area contributed by atoms with Crippen LogP contribution in [0, 0.1) is 6.07 Å². The van der Waals surface area contributed by atoms with Crippen LogP contribution in [0.4, 0.5) is 26.3 Å². The third-order valence-electron chi connectivity index (χ3n) is 11.1. The molecule has 0 saturated carbocycles. The SMILES string of the molecule is FC(F)(F)c1ccccc1-c1cccc2[cH-]c(-c3ccccc3)cc12.FC(F)(F)c1ccccc1-c1cccc2[cH-]c(-c3ccccc3)cc12.[Zr+3].[c-]1cccc2c1[Si]c1ccccc1-2. The van der Waals surface area contributed by atoms with E-state index in [0.717, 1.165) is 65.5 Å². The Labute approximate surface area is 389 Å². The summed E-state index contributed by atoms with van der Waals surface area (Å²) in [4.78, 5) is 0. The van der Waals surface area contributed by atoms with Crippen LogP contribution in [0.2, 0.25) is 0 Å². The Kier molecular flexibility index (Phi) is 13.0. The van der Waals surface area contributed by atoms with E-state index in [1.807, 2.05) is 103 Å². The molecule has 1 aliphatic rings. The van der Waals surface area contributed by atoms with Gasteiger partial charge in [-0.25, -0.2) is 0 Å². The van der Waals surface area contributed by atoms with Crippen LogP contribution in [-0.4, -0.2) is 9.52 Å². The molecule has 0 fully saturated rings. The molecule has 3 radical (unpaired) electrons. The van der Waals surface area contributed by atoms with Crippen LogP contribution < -0.4 is 10.4 Å². The molecule has 0 aliphatic carbocycles. The Morgan fingerprint density at radius 2 is 0.797 bits per heavy atom. The van der Waals surface area contributed by atoms with Crippen LogP contribution in [0.3, 0.4) is 0 Å². The van der Waals surface area contributed by atoms with Gasteiger partial charge < -0.3 is 0 Å². The normalized spacial score (nSPS) is 11.7. The molecule has 0 spiro atoms. The second-order valence-electron chi connectivity index (χ2n) is 15.1. The molecule has 1 aliphatic heterocycles. The van der Waals surface area contributed by atoms with Crippen LogP contribution in [0.1, 0.15) is 11.1 Å². The monoisotopic (exact) mass is 939 g/mol. The van der Waals surface area contributed by atoms with Crippen molar-refractivity contribution in [1.29, 1.82) is 0 Å². The van der Waals surface area contributed by atoms with E-state index in [-0.39, 0.29) is 37.3 Å². The Bertz CT molecular complexity index is 2960. The first-order valence-corrected chi connectivity index (χ1v) is 21.2. The molecule has 0 nitrogen and oxygen atoms in total. The Morgan fingerprint density at radius 3 is 1.28 bits per heavy atom. The van der Waals surface area contributed by atoms with Crippen molar-refractivity contribution in [2.24, 2.45) is 0 Å². The first kappa shape index (κ1) is 44.3. The summed E-state index contributed by atoms with van der Waals surface area (Å²) >= 11 is 0. The summed E-state index contributed by atoms with van der Waals surface area (Å²) in [6.45, 7) is 0. The van der Waals surface area contributed by atoms with Gasteiger partial charge in [0, 0.05) is 0 Å². The summed E-state index contributed by atoms with van der Waals surface area (Å²) < 4.78 is 80.4. The Balaban J connectivity index is 0.000000136. The second-order valence-corrected chi connectivity index (χ2v) is 16.3. The number of hydrogen-bond donors (Lipinski definition) is 0. The predicted molar refractivity (Wildman–Crippen MR) is 247 cm³/mol. The molecule has 309 valence electrons. The van der Waals surface area contributed by atoms with E-state index < -0.39 is 23.5 Å². The van der Waals surface area contributed by atoms with Crippen molar-refractivity contribution in [2.45, 2.75) is 12.4 Å². The predicted octanol–water partition coefficient (Wildman–Crippen LogP) is 14.9. The molecule has 0 atom stereocenters. The van der Waals surface area contributed by atoms with E-state index in [2.05, 4.69) is 42.5 Å². The third-order valence-corrected chi connectivity index (χ3v) is 12.5. The molecule has 11 rings (SSSR count). The van der Waals surface area contributed by atoms with Crippen molar-refractivity contribution in [3.8, 4) is 55.6 Å². The number of alkyl halides is 6. The van der Waals surface area contributed by atoms with Crippen molar-refractivity contribution >= 4 is 41.4 Å². The zero-order chi connectivity index (χ0) is 43.6. The van der Waals surface area contributed by atoms with E-state index in [1.54, 1.807) is 36.4 Å². The van der Waals surface area contributed by atoms with E-state index in [4.69, 9.17) is 0 Å². The molecule has 8 heteroatoms. The van der Waals surface area contributed by atoms with Gasteiger partial charge in [-0.1, -0.05) is 179 Å². The molecule has 1 heterocycles. The molecule has 0 saturated heterocycles. The fourth-order valence-electron chi connectivity index (χ4n) is 8.19. The van der Waals surface area contributed by atoms with Gasteiger partial charge in [0.05, 0.1) is 20.6 Å². The molecule has 0 aromatic heterocycles. The maximum Gasteiger partial charge on any atom is 3.00 e. The molecule has 10 aromatic carbocycles. The van der Waals surface area contributed by atoms with Gasteiger partial charge in [-0.3, -0.25) is 0 Å². The van der Waals surface area contributed by atoms with E-state index in [0.29, 0.717) is 11.1 Å². The molecule has 0 N–H and O–H groups in total. The van der Waals surface area contributed by atoms with Crippen LogP contribution in [0.5, 0.6) is 0 Å². The van der Waals surface area contributed by atoms with Gasteiger partial charge >= 0.3 is 38.6 Å². The van der Waals surface area contributed by atoms with Gasteiger partial charge in [0.15, 0.2) is 0 Å². The van der Waals surface area contributed by atoms with Gasteiger partial charge in [0.2, 0.25) is 0 Å². The Morgan fingerprint density at radius 1 is 0.391 bits per heavy atom. The minimum absolute atomic E-state index is 0. The second kappa shape index (κ2) is 18.8. The average Bonchev–Trinajstić information content (AvgIpc) is 4.05. The standard InChI is InChI=1S/2C22H14F3.C12H7Si.Zr/c2*23-22(24,25)21-12-5-4-10-19(21)18-11-6-9-16-13-17(14-20(16)18)15-7-2-1-3-8-15;1-3-7-11-9(5-1)10-6-2-4-8-12(10)13-11;/h2*1-14H;1-7H;/q3*-1;+3. The maximum absolute atomic E-state index is 13.4. The van der Waals surface area contributed by atoms with Gasteiger partial charge in [-0.2, -0.15) is 55.8 Å². The van der Waals surface area contributed by atoms with E-state index >= 15 is 0 Å². The summed E-state index contributed by atoms with van der Waals surface area (Å²) in [5.74, 6) is 0. The first-order chi connectivity index (χ1) is 30.5. The number of benzene rings is 8. The van der Waals surface area contributed by atoms with Crippen molar-refractivity contribution in [1.82, 2.24) is 0 Å². The topological polar surface area (TPSA) is 0 Å². The summed E-state index contributed by atoms with van der Waals surface area (Å²) in [6.07, 6.45) is -8.76. The molecule has 0 amide bonds. The molecule has 64 heavy (non-hydrogen) atoms. The number of rotatable bonds is 4. The van der Waals surface area contributed by atoms with Crippen LogP contribution >= 0.6 is 0 Å². The molecular formula is C56H35F6SiZr. The Hall–Kier alpha value is -6.34. The molecule has 0 bridgehead atoms. The maximum atomic E-state index is 13.4. The first-order valence-electron chi connectivity index (χ1n) is 20.2. The van der Waals surface area contributed by atoms with Crippen molar-refractivity contribution < 1.29 is 52.5 Å². The minimum atomic E-state index is -4.38. The summed E-state index contributed by atoms with van der Waals surface area (Å²) in [7, 11) is 0.795. The fraction of sp³-hybridized carbons (Fsp3) is 0.0357. The smallest absolute Gasteiger partial charge is 0.184 e. The minimum Gasteiger partial charge on any atom is -0.184 e. The summed E-state index contributed by atoms with van der Waals surface area (Å²) in [5.41, 5.74) is 7.30. The number of fused-ring (bicyclic) bond motifs is 5. The largest absolute Gasteiger partial charge is 3.00 e. The zero-order valence-electron chi connectivity index (χ0n) is 34.0. The third kappa shape index (κ3) is 9.31. The van der Waals surface area contributed by atoms with Crippen molar-refractivity contribution in [3.05, 3.63) is 230 Å². The summed E-state index contributed by atoms with van der Waals surface area (Å²) in [6, 6.07) is 68.3. The average molecular weight is 941 g/mol. The van der Waals surface area contributed by atoms with Crippen LogP contribution in [0.25, 0.3) is 77.2 Å². The van der Waals surface area contributed by atoms with E-state index in [9.17, 15) is 26.3 Å². The van der Waals surface area contributed by atoms with Gasteiger partial charge in [0.25, 0.3) is 0 Å². The van der Waals surface area contributed by atoms with E-state index in [1.165, 1.54) is 45.8 Å². The van der Waals surface area contributed by atoms with Gasteiger partial charge in [-0.15, -0.1) is 74.6 Å². The van der Waals surface area contributed by atoms with Crippen LogP contribution in [0.15, 0.2) is 212 Å².